The van der Waals surface area contributed by atoms with Crippen molar-refractivity contribution >= 4 is 23.4 Å². The fraction of sp³-hybridized carbons (Fsp3) is 0.300. The van der Waals surface area contributed by atoms with Gasteiger partial charge in [-0.15, -0.1) is 0 Å². The van der Waals surface area contributed by atoms with Crippen molar-refractivity contribution in [1.29, 1.82) is 0 Å². The maximum atomic E-state index is 13.7. The molecule has 152 valence electrons. The molecule has 7 nitrogen and oxygen atoms in total. The minimum absolute atomic E-state index is 0.0787. The number of carbonyl (C=O) groups is 3. The van der Waals surface area contributed by atoms with E-state index in [0.717, 1.165) is 12.5 Å². The summed E-state index contributed by atoms with van der Waals surface area (Å²) >= 11 is 0. The molecular weight excluding hydrogens is 382 g/mol. The Hall–Kier alpha value is -3.36. The summed E-state index contributed by atoms with van der Waals surface area (Å²) in [6, 6.07) is 3.78. The predicted molar refractivity (Wildman–Crippen MR) is 101 cm³/mol. The molecule has 0 radical (unpaired) electrons. The van der Waals surface area contributed by atoms with E-state index in [2.05, 4.69) is 10.3 Å². The highest BCUT2D eigenvalue weighted by Gasteiger charge is 2.34. The van der Waals surface area contributed by atoms with E-state index in [1.807, 2.05) is 6.92 Å². The van der Waals surface area contributed by atoms with Crippen LogP contribution in [0.1, 0.15) is 41.7 Å². The van der Waals surface area contributed by atoms with E-state index in [9.17, 15) is 23.2 Å². The number of piperidine rings is 1. The lowest BCUT2D eigenvalue weighted by Gasteiger charge is -2.38. The predicted octanol–water partition coefficient (Wildman–Crippen LogP) is 2.40. The maximum absolute atomic E-state index is 13.7. The van der Waals surface area contributed by atoms with Crippen molar-refractivity contribution in [2.24, 2.45) is 11.7 Å². The number of nitrogens with two attached hydrogens (primary N) is 1. The van der Waals surface area contributed by atoms with Gasteiger partial charge in [0.15, 0.2) is 0 Å². The fourth-order valence-electron chi connectivity index (χ4n) is 3.45. The molecule has 2 aromatic rings. The Morgan fingerprint density at radius 3 is 2.45 bits per heavy atom. The first-order valence-electron chi connectivity index (χ1n) is 9.07. The molecule has 1 aliphatic rings. The quantitative estimate of drug-likeness (QED) is 0.769. The summed E-state index contributed by atoms with van der Waals surface area (Å²) in [7, 11) is 0. The van der Waals surface area contributed by atoms with E-state index in [1.54, 1.807) is 0 Å². The van der Waals surface area contributed by atoms with E-state index in [0.29, 0.717) is 12.0 Å². The van der Waals surface area contributed by atoms with Crippen LogP contribution in [-0.2, 0) is 9.59 Å². The molecule has 0 aliphatic carbocycles. The van der Waals surface area contributed by atoms with E-state index in [-0.39, 0.29) is 23.7 Å². The topological polar surface area (TPSA) is 105 Å². The van der Waals surface area contributed by atoms with Crippen molar-refractivity contribution in [2.75, 3.05) is 11.9 Å². The fourth-order valence-corrected chi connectivity index (χ4v) is 3.45. The van der Waals surface area contributed by atoms with Gasteiger partial charge in [-0.25, -0.2) is 8.78 Å². The molecular formula is C20H20F2N4O3. The van der Waals surface area contributed by atoms with Crippen molar-refractivity contribution < 1.29 is 23.2 Å². The van der Waals surface area contributed by atoms with Crippen LogP contribution in [0.25, 0.3) is 0 Å². The SMILES string of the molecule is C[C@@H]1CC[C@@H](c2cc(F)cc(F)c2)N(C(=O)C(=O)Nc2cncc(C(N)=O)c2)C1. The molecule has 3 rings (SSSR count). The molecule has 0 spiro atoms. The zero-order valence-corrected chi connectivity index (χ0v) is 15.7. The second-order valence-electron chi connectivity index (χ2n) is 7.14. The third-order valence-electron chi connectivity index (χ3n) is 4.82. The number of aromatic nitrogens is 1. The third kappa shape index (κ3) is 4.74. The molecule has 1 aromatic carbocycles. The van der Waals surface area contributed by atoms with Gasteiger partial charge in [-0.1, -0.05) is 6.92 Å². The first kappa shape index (κ1) is 20.4. The van der Waals surface area contributed by atoms with Gasteiger partial charge in [0.05, 0.1) is 23.5 Å². The average molecular weight is 402 g/mol. The number of pyridine rings is 1. The van der Waals surface area contributed by atoms with Gasteiger partial charge < -0.3 is 16.0 Å². The van der Waals surface area contributed by atoms with Gasteiger partial charge >= 0.3 is 11.8 Å². The maximum Gasteiger partial charge on any atom is 0.313 e. The van der Waals surface area contributed by atoms with Crippen LogP contribution < -0.4 is 11.1 Å². The largest absolute Gasteiger partial charge is 0.366 e. The van der Waals surface area contributed by atoms with Crippen molar-refractivity contribution in [3.63, 3.8) is 0 Å². The molecule has 1 saturated heterocycles. The molecule has 3 N–H and O–H groups in total. The molecule has 0 bridgehead atoms. The van der Waals surface area contributed by atoms with E-state index in [4.69, 9.17) is 5.73 Å². The number of anilines is 1. The Labute approximate surface area is 165 Å². The first-order valence-corrected chi connectivity index (χ1v) is 9.07. The number of nitrogens with zero attached hydrogens (tertiary/aromatic N) is 2. The van der Waals surface area contributed by atoms with Gasteiger partial charge in [0.25, 0.3) is 0 Å². The monoisotopic (exact) mass is 402 g/mol. The van der Waals surface area contributed by atoms with Crippen LogP contribution in [0.3, 0.4) is 0 Å². The molecule has 9 heteroatoms. The number of amides is 3. The molecule has 1 aliphatic heterocycles. The minimum atomic E-state index is -0.940. The highest BCUT2D eigenvalue weighted by atomic mass is 19.1. The van der Waals surface area contributed by atoms with Gasteiger partial charge in [0.2, 0.25) is 5.91 Å². The number of hydrogen-bond donors (Lipinski definition) is 2. The number of halogens is 2. The minimum Gasteiger partial charge on any atom is -0.366 e. The first-order chi connectivity index (χ1) is 13.7. The molecule has 0 unspecified atom stereocenters. The lowest BCUT2D eigenvalue weighted by Crippen LogP contribution is -2.46. The van der Waals surface area contributed by atoms with E-state index in [1.165, 1.54) is 35.5 Å². The van der Waals surface area contributed by atoms with Crippen molar-refractivity contribution in [2.45, 2.75) is 25.8 Å². The standard InChI is InChI=1S/C20H20F2N4O3/c1-11-2-3-17(12-4-14(21)7-15(22)5-12)26(10-11)20(29)19(28)25-16-6-13(18(23)27)8-24-9-16/h4-9,11,17H,2-3,10H2,1H3,(H2,23,27)(H,25,28)/t11-,17+/m1/s1. The van der Waals surface area contributed by atoms with Gasteiger partial charge in [-0.2, -0.15) is 0 Å². The Bertz CT molecular complexity index is 946. The Balaban J connectivity index is 1.83. The molecule has 1 aromatic heterocycles. The van der Waals surface area contributed by atoms with E-state index >= 15 is 0 Å². The van der Waals surface area contributed by atoms with Crippen LogP contribution in [0.5, 0.6) is 0 Å². The number of carbonyl (C=O) groups excluding carboxylic acids is 3. The summed E-state index contributed by atoms with van der Waals surface area (Å²) < 4.78 is 27.3. The van der Waals surface area contributed by atoms with Crippen LogP contribution in [0.15, 0.2) is 36.7 Å². The Kier molecular flexibility index (Phi) is 5.86. The van der Waals surface area contributed by atoms with Gasteiger partial charge in [-0.05, 0) is 42.5 Å². The summed E-state index contributed by atoms with van der Waals surface area (Å²) in [5.41, 5.74) is 5.70. The average Bonchev–Trinajstić information content (AvgIpc) is 2.66. The van der Waals surface area contributed by atoms with Crippen molar-refractivity contribution in [1.82, 2.24) is 9.88 Å². The number of primary amides is 1. The van der Waals surface area contributed by atoms with Gasteiger partial charge in [0, 0.05) is 18.8 Å². The van der Waals surface area contributed by atoms with Crippen LogP contribution in [0, 0.1) is 17.6 Å². The Morgan fingerprint density at radius 2 is 1.79 bits per heavy atom. The van der Waals surface area contributed by atoms with Crippen molar-refractivity contribution in [3.8, 4) is 0 Å². The summed E-state index contributed by atoms with van der Waals surface area (Å²) in [4.78, 5) is 41.7. The highest BCUT2D eigenvalue weighted by Crippen LogP contribution is 2.34. The van der Waals surface area contributed by atoms with Crippen molar-refractivity contribution in [3.05, 3.63) is 59.4 Å². The number of benzene rings is 1. The molecule has 2 atom stereocenters. The summed E-state index contributed by atoms with van der Waals surface area (Å²) in [6.07, 6.45) is 3.73. The van der Waals surface area contributed by atoms with Gasteiger partial charge in [-0.3, -0.25) is 19.4 Å². The Morgan fingerprint density at radius 1 is 1.10 bits per heavy atom. The second kappa shape index (κ2) is 8.34. The lowest BCUT2D eigenvalue weighted by atomic mass is 9.89. The zero-order valence-electron chi connectivity index (χ0n) is 15.7. The zero-order chi connectivity index (χ0) is 21.1. The molecule has 0 saturated carbocycles. The van der Waals surface area contributed by atoms with Gasteiger partial charge in [0.1, 0.15) is 11.6 Å². The number of hydrogen-bond acceptors (Lipinski definition) is 4. The molecule has 1 fully saturated rings. The number of likely N-dealkylation sites (tertiary alicyclic amines) is 1. The molecule has 29 heavy (non-hydrogen) atoms. The third-order valence-corrected chi connectivity index (χ3v) is 4.82. The summed E-state index contributed by atoms with van der Waals surface area (Å²) in [6.45, 7) is 2.20. The van der Waals surface area contributed by atoms with Crippen LogP contribution in [0.4, 0.5) is 14.5 Å². The van der Waals surface area contributed by atoms with Crippen LogP contribution in [0.2, 0.25) is 0 Å². The summed E-state index contributed by atoms with van der Waals surface area (Å²) in [5.74, 6) is -3.87. The van der Waals surface area contributed by atoms with Crippen LogP contribution >= 0.6 is 0 Å². The lowest BCUT2D eigenvalue weighted by molar-refractivity contribution is -0.146. The molecule has 3 amide bonds. The normalized spacial score (nSPS) is 18.9. The van der Waals surface area contributed by atoms with Crippen LogP contribution in [-0.4, -0.2) is 34.2 Å². The van der Waals surface area contributed by atoms with E-state index < -0.39 is 35.4 Å². The second-order valence-corrected chi connectivity index (χ2v) is 7.14. The smallest absolute Gasteiger partial charge is 0.313 e. The molecule has 2 heterocycles. The number of nitrogens with one attached hydrogen (secondary N) is 1. The number of rotatable bonds is 3. The highest BCUT2D eigenvalue weighted by molar-refractivity contribution is 6.39. The summed E-state index contributed by atoms with van der Waals surface area (Å²) in [5, 5.41) is 2.40.